The van der Waals surface area contributed by atoms with E-state index < -0.39 is 0 Å². The molecule has 1 atom stereocenters. The minimum Gasteiger partial charge on any atom is -0.404 e. The van der Waals surface area contributed by atoms with Gasteiger partial charge in [0, 0.05) is 23.2 Å². The highest BCUT2D eigenvalue weighted by molar-refractivity contribution is 6.07. The second-order valence-electron chi connectivity index (χ2n) is 12.7. The lowest BCUT2D eigenvalue weighted by molar-refractivity contribution is -0.707. The largest absolute Gasteiger partial charge is 0.404 e. The molecule has 6 nitrogen and oxygen atoms in total. The number of ether oxygens (including phenoxy) is 1. The van der Waals surface area contributed by atoms with Crippen molar-refractivity contribution >= 4 is 21.9 Å². The summed E-state index contributed by atoms with van der Waals surface area (Å²) in [5, 5.41) is 2.44. The van der Waals surface area contributed by atoms with Crippen molar-refractivity contribution in [2.45, 2.75) is 20.0 Å². The quantitative estimate of drug-likeness (QED) is 0.189. The summed E-state index contributed by atoms with van der Waals surface area (Å²) in [7, 11) is 2.12. The Morgan fingerprint density at radius 3 is 2.36 bits per heavy atom. The van der Waals surface area contributed by atoms with E-state index >= 15 is 0 Å². The molecule has 0 saturated heterocycles. The average Bonchev–Trinajstić information content (AvgIpc) is 3.76. The normalized spacial score (nSPS) is 14.2. The molecule has 0 fully saturated rings. The Bertz CT molecular complexity index is 2570. The zero-order valence-corrected chi connectivity index (χ0v) is 26.3. The van der Waals surface area contributed by atoms with Gasteiger partial charge in [0.15, 0.2) is 0 Å². The van der Waals surface area contributed by atoms with E-state index in [2.05, 4.69) is 167 Å². The fourth-order valence-corrected chi connectivity index (χ4v) is 8.00. The molecule has 0 N–H and O–H groups in total. The lowest BCUT2D eigenvalue weighted by Gasteiger charge is -2.22. The summed E-state index contributed by atoms with van der Waals surface area (Å²) >= 11 is 0. The zero-order valence-electron chi connectivity index (χ0n) is 26.3. The molecule has 47 heavy (non-hydrogen) atoms. The summed E-state index contributed by atoms with van der Waals surface area (Å²) in [5.41, 5.74) is 12.6. The predicted octanol–water partition coefficient (Wildman–Crippen LogP) is 8.22. The summed E-state index contributed by atoms with van der Waals surface area (Å²) in [6, 6.07) is 40.8. The van der Waals surface area contributed by atoms with Crippen LogP contribution in [-0.4, -0.2) is 14.1 Å². The molecule has 1 unspecified atom stereocenters. The van der Waals surface area contributed by atoms with Gasteiger partial charge in [-0.2, -0.15) is 4.57 Å². The highest BCUT2D eigenvalue weighted by Crippen LogP contribution is 2.46. The van der Waals surface area contributed by atoms with E-state index in [1.54, 1.807) is 0 Å². The molecule has 0 radical (unpaired) electrons. The molecule has 8 aromatic rings. The van der Waals surface area contributed by atoms with Crippen LogP contribution in [0.2, 0.25) is 0 Å². The van der Waals surface area contributed by atoms with E-state index in [0.29, 0.717) is 0 Å². The number of nitrogens with zero attached hydrogens (tertiary/aromatic N) is 5. The molecule has 4 aromatic carbocycles. The molecule has 2 aliphatic rings. The number of imidazole rings is 1. The van der Waals surface area contributed by atoms with Crippen molar-refractivity contribution in [3.63, 3.8) is 0 Å². The highest BCUT2D eigenvalue weighted by atomic mass is 16.5. The van der Waals surface area contributed by atoms with Gasteiger partial charge in [0.25, 0.3) is 17.5 Å². The van der Waals surface area contributed by atoms with Crippen LogP contribution in [0.5, 0.6) is 11.6 Å². The molecule has 4 aromatic heterocycles. The smallest absolute Gasteiger partial charge is 0.376 e. The number of benzene rings is 4. The van der Waals surface area contributed by atoms with Crippen molar-refractivity contribution in [3.8, 4) is 51.2 Å². The lowest BCUT2D eigenvalue weighted by Crippen LogP contribution is -2.45. The van der Waals surface area contributed by atoms with E-state index in [0.717, 1.165) is 51.3 Å². The van der Waals surface area contributed by atoms with Crippen molar-refractivity contribution in [3.05, 3.63) is 144 Å². The molecule has 0 spiro atoms. The van der Waals surface area contributed by atoms with Crippen LogP contribution < -0.4 is 13.9 Å². The standard InChI is InChI=1S/C41H31N5O/c1-25-22-28(27-12-5-4-6-13-27)23-26(2)37(25)31-24-44-39(42-31)34-18-10-20-36-46(34)41(44)38-33(17-9-19-35(38)47-36)45-32-16-8-7-14-29(32)30-15-11-21-43(3)40(30)45/h4-24,41H,1-3H3/q+2. The Hall–Kier alpha value is -6.01. The van der Waals surface area contributed by atoms with Crippen LogP contribution in [0.4, 0.5) is 0 Å². The summed E-state index contributed by atoms with van der Waals surface area (Å²) < 4.78 is 15.9. The van der Waals surface area contributed by atoms with E-state index in [1.165, 1.54) is 38.6 Å². The van der Waals surface area contributed by atoms with Gasteiger partial charge in [-0.25, -0.2) is 9.55 Å². The molecule has 0 aliphatic carbocycles. The minimum absolute atomic E-state index is 0.160. The molecule has 0 saturated carbocycles. The van der Waals surface area contributed by atoms with Crippen LogP contribution >= 0.6 is 0 Å². The number of fused-ring (bicyclic) bond motifs is 8. The first-order chi connectivity index (χ1) is 23.1. The maximum absolute atomic E-state index is 6.67. The first-order valence-corrected chi connectivity index (χ1v) is 16.1. The van der Waals surface area contributed by atoms with Crippen LogP contribution in [-0.2, 0) is 7.05 Å². The van der Waals surface area contributed by atoms with Gasteiger partial charge in [-0.3, -0.25) is 4.57 Å². The van der Waals surface area contributed by atoms with Gasteiger partial charge in [0.2, 0.25) is 5.82 Å². The molecule has 6 heteroatoms. The Balaban J connectivity index is 1.21. The van der Waals surface area contributed by atoms with Gasteiger partial charge in [-0.15, -0.1) is 4.57 Å². The van der Waals surface area contributed by atoms with Crippen molar-refractivity contribution < 1.29 is 13.9 Å². The second kappa shape index (κ2) is 9.50. The van der Waals surface area contributed by atoms with Gasteiger partial charge in [-0.05, 0) is 78.6 Å². The molecule has 10 rings (SSSR count). The van der Waals surface area contributed by atoms with Crippen LogP contribution in [0.25, 0.3) is 61.5 Å². The van der Waals surface area contributed by atoms with E-state index in [-0.39, 0.29) is 6.17 Å². The third kappa shape index (κ3) is 3.58. The first kappa shape index (κ1) is 26.2. The van der Waals surface area contributed by atoms with Crippen molar-refractivity contribution in [2.75, 3.05) is 0 Å². The van der Waals surface area contributed by atoms with Gasteiger partial charge < -0.3 is 4.74 Å². The predicted molar refractivity (Wildman–Crippen MR) is 184 cm³/mol. The van der Waals surface area contributed by atoms with Crippen molar-refractivity contribution in [1.29, 1.82) is 0 Å². The van der Waals surface area contributed by atoms with Crippen LogP contribution in [0, 0.1) is 13.8 Å². The van der Waals surface area contributed by atoms with Crippen LogP contribution in [0.15, 0.2) is 128 Å². The Morgan fingerprint density at radius 2 is 1.51 bits per heavy atom. The van der Waals surface area contributed by atoms with Gasteiger partial charge in [0.05, 0.1) is 30.4 Å². The lowest BCUT2D eigenvalue weighted by atomic mass is 9.94. The topological polar surface area (TPSA) is 39.7 Å². The second-order valence-corrected chi connectivity index (χ2v) is 12.7. The Kier molecular flexibility index (Phi) is 5.30. The number of hydrogen-bond acceptors (Lipinski definition) is 2. The number of para-hydroxylation sites is 1. The van der Waals surface area contributed by atoms with Crippen molar-refractivity contribution in [2.24, 2.45) is 7.05 Å². The fourth-order valence-electron chi connectivity index (χ4n) is 8.00. The molecular formula is C41H31N5O+2. The summed E-state index contributed by atoms with van der Waals surface area (Å²) in [4.78, 5) is 5.35. The summed E-state index contributed by atoms with van der Waals surface area (Å²) in [5.74, 6) is 2.62. The maximum atomic E-state index is 6.67. The first-order valence-electron chi connectivity index (χ1n) is 16.1. The summed E-state index contributed by atoms with van der Waals surface area (Å²) in [6.07, 6.45) is 4.20. The number of aryl methyl sites for hydroxylation is 3. The number of aromatic nitrogens is 5. The summed E-state index contributed by atoms with van der Waals surface area (Å²) in [6.45, 7) is 4.40. The highest BCUT2D eigenvalue weighted by Gasteiger charge is 2.49. The third-order valence-electron chi connectivity index (χ3n) is 9.91. The van der Waals surface area contributed by atoms with Gasteiger partial charge in [-0.1, -0.05) is 60.7 Å². The van der Waals surface area contributed by atoms with Crippen LogP contribution in [0.1, 0.15) is 22.9 Å². The van der Waals surface area contributed by atoms with Crippen molar-refractivity contribution in [1.82, 2.24) is 14.1 Å². The minimum atomic E-state index is -0.160. The third-order valence-corrected chi connectivity index (χ3v) is 9.91. The van der Waals surface area contributed by atoms with E-state index in [9.17, 15) is 0 Å². The molecule has 0 amide bonds. The van der Waals surface area contributed by atoms with E-state index in [4.69, 9.17) is 9.72 Å². The molecule has 6 heterocycles. The van der Waals surface area contributed by atoms with Gasteiger partial charge in [0.1, 0.15) is 22.5 Å². The number of pyridine rings is 2. The monoisotopic (exact) mass is 609 g/mol. The fraction of sp³-hybridized carbons (Fsp3) is 0.0976. The maximum Gasteiger partial charge on any atom is 0.376 e. The van der Waals surface area contributed by atoms with Gasteiger partial charge >= 0.3 is 5.88 Å². The number of hydrogen-bond donors (Lipinski definition) is 0. The number of rotatable bonds is 3. The molecule has 2 aliphatic heterocycles. The Morgan fingerprint density at radius 1 is 0.745 bits per heavy atom. The van der Waals surface area contributed by atoms with E-state index in [1.807, 2.05) is 0 Å². The molecule has 0 bridgehead atoms. The zero-order chi connectivity index (χ0) is 31.4. The molecule has 224 valence electrons. The SMILES string of the molecule is Cc1cc(-c2ccccc2)cc(C)c1-c1cn2c(n1)-c1cccc3[n+]1C2c1c(cccc1-n1c2ccccc2c2ccc[n+](C)c21)O3. The van der Waals surface area contributed by atoms with Crippen LogP contribution in [0.3, 0.4) is 0 Å². The molecular weight excluding hydrogens is 578 g/mol. The Labute approximate surface area is 272 Å². The average molecular weight is 610 g/mol.